The zero-order valence-electron chi connectivity index (χ0n) is 12.0. The molecule has 1 saturated heterocycles. The van der Waals surface area contributed by atoms with E-state index in [1.165, 1.54) is 0 Å². The van der Waals surface area contributed by atoms with Crippen LogP contribution in [0.3, 0.4) is 0 Å². The van der Waals surface area contributed by atoms with Gasteiger partial charge in [-0.2, -0.15) is 11.8 Å². The Hall–Kier alpha value is -1.17. The average Bonchev–Trinajstić information content (AvgIpc) is 3.01. The topological polar surface area (TPSA) is 32.3 Å². The maximum atomic E-state index is 12.0. The zero-order valence-corrected chi connectivity index (χ0v) is 14.4. The molecule has 3 rings (SSSR count). The predicted octanol–water partition coefficient (Wildman–Crippen LogP) is 4.14. The second kappa shape index (κ2) is 7.40. The van der Waals surface area contributed by atoms with Crippen molar-refractivity contribution in [2.75, 3.05) is 34.8 Å². The van der Waals surface area contributed by atoms with Crippen LogP contribution in [-0.2, 0) is 11.2 Å². The maximum Gasteiger partial charge on any atom is 0.229 e. The lowest BCUT2D eigenvalue weighted by atomic mass is 10.2. The number of thioether (sulfide) groups is 1. The smallest absolute Gasteiger partial charge is 0.229 e. The molecule has 0 saturated carbocycles. The molecule has 0 atom stereocenters. The van der Waals surface area contributed by atoms with Gasteiger partial charge in [-0.25, -0.2) is 0 Å². The number of carbonyl (C=O) groups is 1. The number of nitrogens with zero attached hydrogens (tertiary/aromatic N) is 1. The van der Waals surface area contributed by atoms with E-state index >= 15 is 0 Å². The highest BCUT2D eigenvalue weighted by atomic mass is 35.5. The lowest BCUT2D eigenvalue weighted by molar-refractivity contribution is -0.115. The summed E-state index contributed by atoms with van der Waals surface area (Å²) in [6.07, 6.45) is 0.403. The summed E-state index contributed by atoms with van der Waals surface area (Å²) in [4.78, 5) is 15.4. The summed E-state index contributed by atoms with van der Waals surface area (Å²) in [6, 6.07) is 9.68. The maximum absolute atomic E-state index is 12.0. The number of amides is 1. The molecule has 1 amide bonds. The summed E-state index contributed by atoms with van der Waals surface area (Å²) in [7, 11) is 0. The molecule has 1 aromatic carbocycles. The number of rotatable bonds is 4. The quantitative estimate of drug-likeness (QED) is 0.897. The molecule has 2 aromatic rings. The van der Waals surface area contributed by atoms with Crippen LogP contribution in [0.4, 0.5) is 11.4 Å². The molecule has 1 aromatic heterocycles. The first kappa shape index (κ1) is 15.7. The standard InChI is InChI=1S/C16H17ClN2OS2/c17-14-10-12(18-16(20)11-13-2-1-7-22-13)3-4-15(14)19-5-8-21-9-6-19/h1-4,7,10H,5-6,8-9,11H2,(H,18,20). The van der Waals surface area contributed by atoms with Crippen molar-refractivity contribution in [1.82, 2.24) is 0 Å². The van der Waals surface area contributed by atoms with E-state index < -0.39 is 0 Å². The van der Waals surface area contributed by atoms with Crippen molar-refractivity contribution in [3.63, 3.8) is 0 Å². The summed E-state index contributed by atoms with van der Waals surface area (Å²) in [5, 5.41) is 5.58. The monoisotopic (exact) mass is 352 g/mol. The number of hydrogen-bond donors (Lipinski definition) is 1. The SMILES string of the molecule is O=C(Cc1cccs1)Nc1ccc(N2CCSCC2)c(Cl)c1. The second-order valence-corrected chi connectivity index (χ2v) is 7.73. The van der Waals surface area contributed by atoms with Crippen LogP contribution in [0.1, 0.15) is 4.88 Å². The summed E-state index contributed by atoms with van der Waals surface area (Å²) >= 11 is 9.95. The van der Waals surface area contributed by atoms with E-state index in [0.29, 0.717) is 11.4 Å². The summed E-state index contributed by atoms with van der Waals surface area (Å²) in [6.45, 7) is 2.04. The van der Waals surface area contributed by atoms with Crippen LogP contribution in [-0.4, -0.2) is 30.5 Å². The van der Waals surface area contributed by atoms with Crippen molar-refractivity contribution in [1.29, 1.82) is 0 Å². The fraction of sp³-hybridized carbons (Fsp3) is 0.312. The van der Waals surface area contributed by atoms with Gasteiger partial charge in [0.25, 0.3) is 0 Å². The first-order valence-corrected chi connectivity index (χ1v) is 9.58. The molecule has 1 fully saturated rings. The first-order valence-electron chi connectivity index (χ1n) is 7.17. The number of thiophene rings is 1. The normalized spacial score (nSPS) is 14.9. The molecule has 0 unspecified atom stereocenters. The van der Waals surface area contributed by atoms with Crippen molar-refractivity contribution in [2.24, 2.45) is 0 Å². The van der Waals surface area contributed by atoms with Gasteiger partial charge in [-0.1, -0.05) is 17.7 Å². The number of carbonyl (C=O) groups excluding carboxylic acids is 1. The van der Waals surface area contributed by atoms with Crippen molar-refractivity contribution < 1.29 is 4.79 Å². The third kappa shape index (κ3) is 3.97. The van der Waals surface area contributed by atoms with Gasteiger partial charge in [-0.05, 0) is 29.6 Å². The predicted molar refractivity (Wildman–Crippen MR) is 97.6 cm³/mol. The minimum Gasteiger partial charge on any atom is -0.369 e. The van der Waals surface area contributed by atoms with E-state index in [2.05, 4.69) is 10.2 Å². The van der Waals surface area contributed by atoms with Crippen LogP contribution in [0.5, 0.6) is 0 Å². The van der Waals surface area contributed by atoms with Crippen LogP contribution >= 0.6 is 34.7 Å². The highest BCUT2D eigenvalue weighted by Crippen LogP contribution is 2.30. The molecule has 0 bridgehead atoms. The number of benzene rings is 1. The van der Waals surface area contributed by atoms with Gasteiger partial charge in [0, 0.05) is 35.2 Å². The molecule has 6 heteroatoms. The van der Waals surface area contributed by atoms with Crippen LogP contribution < -0.4 is 10.2 Å². The fourth-order valence-corrected chi connectivity index (χ4v) is 4.33. The Morgan fingerprint density at radius 1 is 1.27 bits per heavy atom. The summed E-state index contributed by atoms with van der Waals surface area (Å²) in [5.74, 6) is 2.26. The molecular formula is C16H17ClN2OS2. The van der Waals surface area contributed by atoms with Gasteiger partial charge in [-0.3, -0.25) is 4.79 Å². The van der Waals surface area contributed by atoms with Gasteiger partial charge in [0.05, 0.1) is 17.1 Å². The number of hydrogen-bond acceptors (Lipinski definition) is 4. The third-order valence-corrected chi connectivity index (χ3v) is 5.62. The van der Waals surface area contributed by atoms with Crippen LogP contribution in [0, 0.1) is 0 Å². The fourth-order valence-electron chi connectivity index (χ4n) is 2.42. The Labute approximate surface area is 143 Å². The van der Waals surface area contributed by atoms with E-state index in [0.717, 1.165) is 40.8 Å². The van der Waals surface area contributed by atoms with Crippen LogP contribution in [0.15, 0.2) is 35.7 Å². The minimum atomic E-state index is -0.0133. The van der Waals surface area contributed by atoms with Gasteiger partial charge in [0.1, 0.15) is 0 Å². The number of nitrogens with one attached hydrogen (secondary N) is 1. The Morgan fingerprint density at radius 2 is 2.09 bits per heavy atom. The van der Waals surface area contributed by atoms with Crippen molar-refractivity contribution in [3.05, 3.63) is 45.6 Å². The molecule has 2 heterocycles. The summed E-state index contributed by atoms with van der Waals surface area (Å²) < 4.78 is 0. The van der Waals surface area contributed by atoms with E-state index in [-0.39, 0.29) is 5.91 Å². The molecule has 3 nitrogen and oxygen atoms in total. The Balaban J connectivity index is 1.65. The lowest BCUT2D eigenvalue weighted by Gasteiger charge is -2.29. The molecule has 1 N–H and O–H groups in total. The zero-order chi connectivity index (χ0) is 15.4. The van der Waals surface area contributed by atoms with Gasteiger partial charge < -0.3 is 10.2 Å². The van der Waals surface area contributed by atoms with Gasteiger partial charge in [-0.15, -0.1) is 11.3 Å². The first-order chi connectivity index (χ1) is 10.7. The lowest BCUT2D eigenvalue weighted by Crippen LogP contribution is -2.32. The van der Waals surface area contributed by atoms with Gasteiger partial charge in [0.15, 0.2) is 0 Å². The van der Waals surface area contributed by atoms with Crippen molar-refractivity contribution in [3.8, 4) is 0 Å². The van der Waals surface area contributed by atoms with E-state index in [9.17, 15) is 4.79 Å². The average molecular weight is 353 g/mol. The Bertz CT molecular complexity index is 640. The van der Waals surface area contributed by atoms with E-state index in [1.54, 1.807) is 11.3 Å². The van der Waals surface area contributed by atoms with E-state index in [4.69, 9.17) is 11.6 Å². The van der Waals surface area contributed by atoms with Gasteiger partial charge >= 0.3 is 0 Å². The second-order valence-electron chi connectivity index (χ2n) is 5.07. The molecule has 0 aliphatic carbocycles. The van der Waals surface area contributed by atoms with Gasteiger partial charge in [0.2, 0.25) is 5.91 Å². The minimum absolute atomic E-state index is 0.0133. The van der Waals surface area contributed by atoms with Crippen molar-refractivity contribution in [2.45, 2.75) is 6.42 Å². The molecule has 0 radical (unpaired) electrons. The van der Waals surface area contributed by atoms with Crippen LogP contribution in [0.2, 0.25) is 5.02 Å². The molecule has 1 aliphatic rings. The molecule has 0 spiro atoms. The Morgan fingerprint density at radius 3 is 2.77 bits per heavy atom. The van der Waals surface area contributed by atoms with E-state index in [1.807, 2.05) is 47.5 Å². The number of halogens is 1. The number of anilines is 2. The van der Waals surface area contributed by atoms with Crippen LogP contribution in [0.25, 0.3) is 0 Å². The largest absolute Gasteiger partial charge is 0.369 e. The molecule has 1 aliphatic heterocycles. The third-order valence-electron chi connectivity index (χ3n) is 3.50. The van der Waals surface area contributed by atoms with Crippen molar-refractivity contribution >= 4 is 52.0 Å². The molecule has 22 heavy (non-hydrogen) atoms. The highest BCUT2D eigenvalue weighted by molar-refractivity contribution is 7.99. The Kier molecular flexibility index (Phi) is 5.28. The molecular weight excluding hydrogens is 336 g/mol. The highest BCUT2D eigenvalue weighted by Gasteiger charge is 2.14. The summed E-state index contributed by atoms with van der Waals surface area (Å²) in [5.41, 5.74) is 1.81. The molecule has 116 valence electrons.